The topological polar surface area (TPSA) is 41.6 Å². The van der Waals surface area contributed by atoms with Crippen LogP contribution >= 0.6 is 0 Å². The van der Waals surface area contributed by atoms with Crippen molar-refractivity contribution in [3.63, 3.8) is 0 Å². The van der Waals surface area contributed by atoms with E-state index in [-0.39, 0.29) is 0 Å². The van der Waals surface area contributed by atoms with E-state index < -0.39 is 0 Å². The van der Waals surface area contributed by atoms with Crippen molar-refractivity contribution in [2.45, 2.75) is 41.5 Å². The molecule has 66 heavy (non-hydrogen) atoms. The molecule has 0 unspecified atom stereocenters. The Labute approximate surface area is 384 Å². The summed E-state index contributed by atoms with van der Waals surface area (Å²) in [6.07, 6.45) is 0. The molecule has 12 rings (SSSR count). The van der Waals surface area contributed by atoms with E-state index in [2.05, 4.69) is 228 Å². The van der Waals surface area contributed by atoms with E-state index in [1.54, 1.807) is 0 Å². The molecule has 0 fully saturated rings. The summed E-state index contributed by atoms with van der Waals surface area (Å²) in [5.74, 6) is 0. The summed E-state index contributed by atoms with van der Waals surface area (Å²) in [4.78, 5) is 2.38. The highest BCUT2D eigenvalue weighted by Gasteiger charge is 2.27. The lowest BCUT2D eigenvalue weighted by Gasteiger charge is -2.27. The molecule has 0 radical (unpaired) electrons. The monoisotopic (exact) mass is 852 g/mol. The lowest BCUT2D eigenvalue weighted by molar-refractivity contribution is 0.664. The van der Waals surface area contributed by atoms with Gasteiger partial charge in [0.1, 0.15) is 22.3 Å². The van der Waals surface area contributed by atoms with Crippen LogP contribution in [0.2, 0.25) is 0 Å². The van der Waals surface area contributed by atoms with Crippen LogP contribution in [0, 0.1) is 41.5 Å². The fourth-order valence-electron chi connectivity index (χ4n) is 10.5. The van der Waals surface area contributed by atoms with Crippen molar-refractivity contribution in [3.05, 3.63) is 209 Å². The number of aryl methyl sites for hydroxylation is 6. The number of nitrogens with one attached hydrogen (secondary N) is 1. The molecule has 0 spiro atoms. The number of hydrogen-bond donors (Lipinski definition) is 1. The maximum absolute atomic E-state index is 7.26. The van der Waals surface area contributed by atoms with Crippen LogP contribution in [-0.2, 0) is 0 Å². The first kappa shape index (κ1) is 39.5. The van der Waals surface area contributed by atoms with Gasteiger partial charge in [-0.2, -0.15) is 0 Å². The molecule has 0 amide bonds. The molecule has 318 valence electrons. The Morgan fingerprint density at radius 2 is 0.833 bits per heavy atom. The smallest absolute Gasteiger partial charge is 0.147 e. The zero-order valence-electron chi connectivity index (χ0n) is 38.0. The third kappa shape index (κ3) is 6.76. The lowest BCUT2D eigenvalue weighted by Crippen LogP contribution is -2.11. The highest BCUT2D eigenvalue weighted by Crippen LogP contribution is 2.52. The normalized spacial score (nSPS) is 11.8. The number of fused-ring (bicyclic) bond motifs is 9. The van der Waals surface area contributed by atoms with Gasteiger partial charge in [-0.25, -0.2) is 0 Å². The maximum Gasteiger partial charge on any atom is 0.147 e. The summed E-state index contributed by atoms with van der Waals surface area (Å²) in [7, 11) is 0. The first-order valence-corrected chi connectivity index (χ1v) is 22.8. The first-order valence-electron chi connectivity index (χ1n) is 22.8. The SMILES string of the molecule is Cc1cc(C)cc(Nc2ccc3cc4c(cc3c2)oc2c(-c3ccccc3)c(-c3ccccc3)c3c5cc6ccc(N(c7cc(C)cc(C)c7)c7cc(C)cc(C)c7)cc6cc5oc3c24)c1. The number of furan rings is 2. The van der Waals surface area contributed by atoms with Crippen molar-refractivity contribution >= 4 is 93.9 Å². The predicted octanol–water partition coefficient (Wildman–Crippen LogP) is 18.2. The molecule has 0 bridgehead atoms. The summed E-state index contributed by atoms with van der Waals surface area (Å²) >= 11 is 0. The number of hydrogen-bond acceptors (Lipinski definition) is 4. The third-order valence-corrected chi connectivity index (χ3v) is 13.1. The Hall–Kier alpha value is -8.08. The summed E-state index contributed by atoms with van der Waals surface area (Å²) < 4.78 is 14.4. The molecule has 10 aromatic carbocycles. The fraction of sp³-hybridized carbons (Fsp3) is 0.0968. The predicted molar refractivity (Wildman–Crippen MR) is 280 cm³/mol. The van der Waals surface area contributed by atoms with E-state index in [0.717, 1.165) is 116 Å². The molecule has 0 atom stereocenters. The molecule has 12 aromatic rings. The Kier molecular flexibility index (Phi) is 9.15. The van der Waals surface area contributed by atoms with Gasteiger partial charge in [0.25, 0.3) is 0 Å². The Bertz CT molecular complexity index is 3800. The lowest BCUT2D eigenvalue weighted by atomic mass is 9.88. The highest BCUT2D eigenvalue weighted by molar-refractivity contribution is 6.32. The third-order valence-electron chi connectivity index (χ3n) is 13.1. The Morgan fingerprint density at radius 3 is 1.41 bits per heavy atom. The Morgan fingerprint density at radius 1 is 0.348 bits per heavy atom. The van der Waals surface area contributed by atoms with Gasteiger partial charge in [0.05, 0.1) is 5.39 Å². The van der Waals surface area contributed by atoms with E-state index in [9.17, 15) is 0 Å². The van der Waals surface area contributed by atoms with E-state index in [4.69, 9.17) is 8.83 Å². The summed E-state index contributed by atoms with van der Waals surface area (Å²) in [6.45, 7) is 13.0. The van der Waals surface area contributed by atoms with E-state index in [1.807, 2.05) is 0 Å². The largest absolute Gasteiger partial charge is 0.455 e. The van der Waals surface area contributed by atoms with Crippen molar-refractivity contribution in [2.24, 2.45) is 0 Å². The van der Waals surface area contributed by atoms with Crippen LogP contribution in [0.1, 0.15) is 33.4 Å². The molecular weight excluding hydrogens is 805 g/mol. The molecule has 1 N–H and O–H groups in total. The molecular formula is C62H48N2O2. The standard InChI is InChI=1S/C62H48N2O2/c1-36-21-37(2)25-49(24-36)63-48-19-17-44-33-54-56(34-46(44)30-48)65-61-58(43-15-11-8-12-16-43)57(42-13-9-7-10-14-42)59-53-32-45-18-20-50(31-47(45)35-55(53)66-62(59)60(54)61)64(51-26-38(3)22-39(4)27-51)52-28-40(5)23-41(6)29-52/h7-35,63H,1-6H3. The van der Waals surface area contributed by atoms with Gasteiger partial charge in [0.2, 0.25) is 0 Å². The van der Waals surface area contributed by atoms with Crippen LogP contribution in [0.15, 0.2) is 185 Å². The number of rotatable bonds is 7. The highest BCUT2D eigenvalue weighted by atomic mass is 16.3. The zero-order valence-corrected chi connectivity index (χ0v) is 38.0. The average molecular weight is 853 g/mol. The second-order valence-corrected chi connectivity index (χ2v) is 18.4. The van der Waals surface area contributed by atoms with Gasteiger partial charge in [-0.05, 0) is 193 Å². The summed E-state index contributed by atoms with van der Waals surface area (Å²) in [6, 6.07) is 64.0. The van der Waals surface area contributed by atoms with Gasteiger partial charge < -0.3 is 19.1 Å². The molecule has 0 saturated carbocycles. The van der Waals surface area contributed by atoms with Crippen LogP contribution < -0.4 is 10.2 Å². The molecule has 0 saturated heterocycles. The van der Waals surface area contributed by atoms with Gasteiger partial charge in [-0.1, -0.05) is 91.0 Å². The quantitative estimate of drug-likeness (QED) is 0.173. The van der Waals surface area contributed by atoms with Gasteiger partial charge in [-0.3, -0.25) is 0 Å². The minimum Gasteiger partial charge on any atom is -0.455 e. The zero-order chi connectivity index (χ0) is 44.8. The van der Waals surface area contributed by atoms with Crippen molar-refractivity contribution in [1.82, 2.24) is 0 Å². The van der Waals surface area contributed by atoms with Crippen molar-refractivity contribution in [2.75, 3.05) is 10.2 Å². The molecule has 4 nitrogen and oxygen atoms in total. The maximum atomic E-state index is 7.26. The molecule has 0 aliphatic carbocycles. The van der Waals surface area contributed by atoms with Crippen LogP contribution in [-0.4, -0.2) is 0 Å². The molecule has 0 aliphatic rings. The average Bonchev–Trinajstić information content (AvgIpc) is 3.84. The molecule has 2 heterocycles. The van der Waals surface area contributed by atoms with Crippen molar-refractivity contribution < 1.29 is 8.83 Å². The van der Waals surface area contributed by atoms with Crippen LogP contribution in [0.25, 0.3) is 87.7 Å². The number of benzene rings is 10. The summed E-state index contributed by atoms with van der Waals surface area (Å²) in [5, 5.41) is 12.3. The molecule has 2 aromatic heterocycles. The van der Waals surface area contributed by atoms with Crippen LogP contribution in [0.5, 0.6) is 0 Å². The Balaban J connectivity index is 1.12. The second kappa shape index (κ2) is 15.3. The second-order valence-electron chi connectivity index (χ2n) is 18.4. The minimum absolute atomic E-state index is 0.815. The van der Waals surface area contributed by atoms with Crippen LogP contribution in [0.4, 0.5) is 28.4 Å². The molecule has 0 aliphatic heterocycles. The van der Waals surface area contributed by atoms with E-state index in [0.29, 0.717) is 0 Å². The summed E-state index contributed by atoms with van der Waals surface area (Å²) in [5.41, 5.74) is 20.5. The van der Waals surface area contributed by atoms with E-state index in [1.165, 1.54) is 33.4 Å². The van der Waals surface area contributed by atoms with Gasteiger partial charge in [0.15, 0.2) is 0 Å². The van der Waals surface area contributed by atoms with Gasteiger partial charge >= 0.3 is 0 Å². The fourth-order valence-corrected chi connectivity index (χ4v) is 10.5. The van der Waals surface area contributed by atoms with E-state index >= 15 is 0 Å². The van der Waals surface area contributed by atoms with Crippen molar-refractivity contribution in [3.8, 4) is 22.3 Å². The minimum atomic E-state index is 0.815. The van der Waals surface area contributed by atoms with Crippen LogP contribution in [0.3, 0.4) is 0 Å². The first-order chi connectivity index (χ1) is 32.1. The van der Waals surface area contributed by atoms with Gasteiger partial charge in [0, 0.05) is 55.7 Å². The number of anilines is 5. The van der Waals surface area contributed by atoms with Gasteiger partial charge in [-0.15, -0.1) is 0 Å². The number of nitrogens with zero attached hydrogens (tertiary/aromatic N) is 1. The molecule has 4 heteroatoms. The van der Waals surface area contributed by atoms with Crippen molar-refractivity contribution in [1.29, 1.82) is 0 Å².